The van der Waals surface area contributed by atoms with E-state index in [0.717, 1.165) is 25.4 Å². The van der Waals surface area contributed by atoms with Crippen molar-refractivity contribution in [2.75, 3.05) is 64.1 Å². The first kappa shape index (κ1) is 29.9. The topological polar surface area (TPSA) is 130 Å². The van der Waals surface area contributed by atoms with E-state index in [1.807, 2.05) is 6.92 Å². The van der Waals surface area contributed by atoms with Crippen molar-refractivity contribution in [3.05, 3.63) is 0 Å². The zero-order valence-corrected chi connectivity index (χ0v) is 21.5. The van der Waals surface area contributed by atoms with E-state index in [1.165, 1.54) is 0 Å². The minimum Gasteiger partial charge on any atom is -0.748 e. The molecule has 0 saturated carbocycles. The molecule has 0 fully saturated rings. The molecule has 0 heterocycles. The van der Waals surface area contributed by atoms with Gasteiger partial charge in [-0.3, -0.25) is 4.55 Å². The van der Waals surface area contributed by atoms with E-state index in [1.54, 1.807) is 0 Å². The lowest BCUT2D eigenvalue weighted by molar-refractivity contribution is -0.928. The van der Waals surface area contributed by atoms with E-state index in [0.29, 0.717) is 50.5 Å². The van der Waals surface area contributed by atoms with E-state index in [4.69, 9.17) is 14.0 Å². The van der Waals surface area contributed by atoms with Gasteiger partial charge < -0.3 is 18.5 Å². The van der Waals surface area contributed by atoms with Gasteiger partial charge in [0, 0.05) is 34.0 Å². The van der Waals surface area contributed by atoms with Crippen molar-refractivity contribution in [2.45, 2.75) is 51.7 Å². The highest BCUT2D eigenvalue weighted by Gasteiger charge is 2.27. The standard InChI is InChI=1S/C18H41NO8S2Si/c1-4-12-26-14-15-27-13-11-19(10-7-18-30(2)3,8-5-16-28(20,21)22)9-6-17-29(23,24)25/h30H,4-18H2,1-3H3,(H-,20,21,22,23,24,25). The number of ether oxygens (including phenoxy) is 2. The molecule has 0 aromatic heterocycles. The van der Waals surface area contributed by atoms with Gasteiger partial charge >= 0.3 is 0 Å². The van der Waals surface area contributed by atoms with Crippen LogP contribution in [-0.4, -0.2) is 103 Å². The van der Waals surface area contributed by atoms with Crippen molar-refractivity contribution >= 4 is 29.0 Å². The van der Waals surface area contributed by atoms with Crippen LogP contribution < -0.4 is 0 Å². The van der Waals surface area contributed by atoms with Crippen LogP contribution in [-0.2, 0) is 29.7 Å². The molecule has 0 spiro atoms. The van der Waals surface area contributed by atoms with Crippen LogP contribution >= 0.6 is 0 Å². The fourth-order valence-corrected chi connectivity index (χ4v) is 5.36. The van der Waals surface area contributed by atoms with Gasteiger partial charge in [-0.15, -0.1) is 0 Å². The molecule has 0 aliphatic heterocycles. The molecule has 0 amide bonds. The average molecular weight is 492 g/mol. The third-order valence-electron chi connectivity index (χ3n) is 4.91. The van der Waals surface area contributed by atoms with Crippen molar-refractivity contribution in [2.24, 2.45) is 0 Å². The summed E-state index contributed by atoms with van der Waals surface area (Å²) in [5.74, 6) is -0.770. The van der Waals surface area contributed by atoms with Crippen molar-refractivity contribution in [1.82, 2.24) is 0 Å². The second-order valence-electron chi connectivity index (χ2n) is 8.25. The molecular formula is C18H41NO8S2Si. The summed E-state index contributed by atoms with van der Waals surface area (Å²) < 4.78 is 76.1. The van der Waals surface area contributed by atoms with Gasteiger partial charge in [0.2, 0.25) is 0 Å². The molecule has 0 bridgehead atoms. The largest absolute Gasteiger partial charge is 0.748 e. The maximum absolute atomic E-state index is 11.1. The number of rotatable bonds is 20. The Bertz CT molecular complexity index is 603. The van der Waals surface area contributed by atoms with Gasteiger partial charge in [-0.05, 0) is 12.8 Å². The highest BCUT2D eigenvalue weighted by molar-refractivity contribution is 7.85. The fourth-order valence-electron chi connectivity index (χ4n) is 3.39. The van der Waals surface area contributed by atoms with E-state index in [-0.39, 0.29) is 18.6 Å². The lowest BCUT2D eigenvalue weighted by atomic mass is 10.2. The molecule has 1 atom stereocenters. The minimum absolute atomic E-state index is 0.219. The first-order valence-electron chi connectivity index (χ1n) is 10.8. The molecule has 0 rings (SSSR count). The quantitative estimate of drug-likeness (QED) is 0.117. The molecule has 0 radical (unpaired) electrons. The first-order valence-corrected chi connectivity index (χ1v) is 17.1. The van der Waals surface area contributed by atoms with Gasteiger partial charge in [0.05, 0.1) is 55.3 Å². The Labute approximate surface area is 184 Å². The van der Waals surface area contributed by atoms with Crippen molar-refractivity contribution in [3.8, 4) is 0 Å². The number of hydrogen-bond acceptors (Lipinski definition) is 7. The summed E-state index contributed by atoms with van der Waals surface area (Å²) in [6.45, 7) is 10.9. The third kappa shape index (κ3) is 18.7. The smallest absolute Gasteiger partial charge is 0.265 e. The highest BCUT2D eigenvalue weighted by Crippen LogP contribution is 2.15. The second kappa shape index (κ2) is 15.7. The Hall–Kier alpha value is -0.0831. The molecule has 1 unspecified atom stereocenters. The normalized spacial score (nSPS) is 14.9. The lowest BCUT2D eigenvalue weighted by Gasteiger charge is -2.39. The van der Waals surface area contributed by atoms with Gasteiger partial charge in [0.1, 0.15) is 6.54 Å². The average Bonchev–Trinajstić information content (AvgIpc) is 2.58. The Morgan fingerprint density at radius 1 is 0.833 bits per heavy atom. The van der Waals surface area contributed by atoms with E-state index in [2.05, 4.69) is 13.1 Å². The molecule has 1 N–H and O–H groups in total. The molecule has 12 heteroatoms. The molecular weight excluding hydrogens is 450 g/mol. The molecule has 0 aromatic carbocycles. The Balaban J connectivity index is 5.02. The third-order valence-corrected chi connectivity index (χ3v) is 8.06. The van der Waals surface area contributed by atoms with Gasteiger partial charge in [-0.1, -0.05) is 26.1 Å². The Kier molecular flexibility index (Phi) is 15.6. The van der Waals surface area contributed by atoms with Gasteiger partial charge in [-0.2, -0.15) is 8.42 Å². The zero-order chi connectivity index (χ0) is 23.1. The molecule has 0 aliphatic carbocycles. The van der Waals surface area contributed by atoms with Crippen LogP contribution in [0.5, 0.6) is 0 Å². The van der Waals surface area contributed by atoms with Crippen LogP contribution in [0.15, 0.2) is 0 Å². The van der Waals surface area contributed by atoms with Crippen molar-refractivity contribution in [1.29, 1.82) is 0 Å². The van der Waals surface area contributed by atoms with Gasteiger partial charge in [-0.25, -0.2) is 8.42 Å². The fraction of sp³-hybridized carbons (Fsp3) is 1.00. The van der Waals surface area contributed by atoms with Crippen molar-refractivity contribution < 1.29 is 39.9 Å². The molecule has 182 valence electrons. The maximum Gasteiger partial charge on any atom is 0.265 e. The summed E-state index contributed by atoms with van der Waals surface area (Å²) in [4.78, 5) is 0. The van der Waals surface area contributed by atoms with Gasteiger partial charge in [0.25, 0.3) is 10.1 Å². The maximum atomic E-state index is 11.1. The lowest BCUT2D eigenvalue weighted by Crippen LogP contribution is -2.53. The van der Waals surface area contributed by atoms with Crippen LogP contribution in [0.25, 0.3) is 0 Å². The number of nitrogens with zero attached hydrogens (tertiary/aromatic N) is 1. The monoisotopic (exact) mass is 491 g/mol. The van der Waals surface area contributed by atoms with Crippen LogP contribution in [0.2, 0.25) is 19.1 Å². The SMILES string of the molecule is CCCOCCOCC[N+](CCC[SiH](C)C)(CCCS(=O)(=O)[O-])CCCS(=O)(=O)O. The summed E-state index contributed by atoms with van der Waals surface area (Å²) in [5, 5.41) is 0. The minimum atomic E-state index is -4.30. The zero-order valence-electron chi connectivity index (χ0n) is 18.8. The summed E-state index contributed by atoms with van der Waals surface area (Å²) in [6.07, 6.45) is 2.38. The molecule has 9 nitrogen and oxygen atoms in total. The first-order chi connectivity index (χ1) is 13.9. The molecule has 0 saturated heterocycles. The van der Waals surface area contributed by atoms with E-state index >= 15 is 0 Å². The van der Waals surface area contributed by atoms with Crippen LogP contribution in [0.4, 0.5) is 0 Å². The predicted molar refractivity (Wildman–Crippen MR) is 120 cm³/mol. The van der Waals surface area contributed by atoms with Crippen molar-refractivity contribution in [3.63, 3.8) is 0 Å². The highest BCUT2D eigenvalue weighted by atomic mass is 32.2. The van der Waals surface area contributed by atoms with Crippen LogP contribution in [0, 0.1) is 0 Å². The molecule has 0 aromatic rings. The second-order valence-corrected chi connectivity index (χ2v) is 14.7. The molecule has 0 aliphatic rings. The van der Waals surface area contributed by atoms with Gasteiger partial charge in [0.15, 0.2) is 0 Å². The summed E-state index contributed by atoms with van der Waals surface area (Å²) >= 11 is 0. The summed E-state index contributed by atoms with van der Waals surface area (Å²) in [6, 6.07) is 1.13. The van der Waals surface area contributed by atoms with Crippen LogP contribution in [0.3, 0.4) is 0 Å². The Morgan fingerprint density at radius 2 is 1.37 bits per heavy atom. The summed E-state index contributed by atoms with van der Waals surface area (Å²) in [7, 11) is -9.12. The predicted octanol–water partition coefficient (Wildman–Crippen LogP) is 1.34. The molecule has 30 heavy (non-hydrogen) atoms. The van der Waals surface area contributed by atoms with E-state index in [9.17, 15) is 21.4 Å². The number of quaternary nitrogens is 1. The summed E-state index contributed by atoms with van der Waals surface area (Å²) in [5.41, 5.74) is 0. The van der Waals surface area contributed by atoms with Crippen LogP contribution in [0.1, 0.15) is 32.6 Å². The Morgan fingerprint density at radius 3 is 1.87 bits per heavy atom. The van der Waals surface area contributed by atoms with E-state index < -0.39 is 34.8 Å². The number of hydrogen-bond donors (Lipinski definition) is 1.